The highest BCUT2D eigenvalue weighted by Gasteiger charge is 2.21. The number of pyridine rings is 1. The van der Waals surface area contributed by atoms with Crippen LogP contribution in [0.5, 0.6) is 0 Å². The van der Waals surface area contributed by atoms with Gasteiger partial charge in [-0.15, -0.1) is 11.3 Å². The zero-order valence-electron chi connectivity index (χ0n) is 16.4. The maximum absolute atomic E-state index is 12.4. The Morgan fingerprint density at radius 3 is 2.77 bits per heavy atom. The molecule has 9 heteroatoms. The number of anilines is 1. The summed E-state index contributed by atoms with van der Waals surface area (Å²) in [4.78, 5) is 35.4. The summed E-state index contributed by atoms with van der Waals surface area (Å²) in [5.74, 6) is -0.186. The lowest BCUT2D eigenvalue weighted by Gasteiger charge is -2.32. The fraction of sp³-hybridized carbons (Fsp3) is 0.333. The summed E-state index contributed by atoms with van der Waals surface area (Å²) < 4.78 is 5.06. The third-order valence-corrected chi connectivity index (χ3v) is 5.73. The second-order valence-electron chi connectivity index (χ2n) is 7.19. The SMILES string of the molecule is O=C(Cc1csc(NC(=O)c2ccco2)n1)NC1CCN(Cc2ccccn2)CC1. The molecule has 3 aromatic rings. The van der Waals surface area contributed by atoms with Crippen LogP contribution in [-0.4, -0.2) is 45.8 Å². The van der Waals surface area contributed by atoms with Gasteiger partial charge in [-0.1, -0.05) is 6.07 Å². The average Bonchev–Trinajstić information content (AvgIpc) is 3.43. The van der Waals surface area contributed by atoms with Crippen LogP contribution in [0.4, 0.5) is 5.13 Å². The minimum atomic E-state index is -0.359. The Morgan fingerprint density at radius 1 is 1.17 bits per heavy atom. The quantitative estimate of drug-likeness (QED) is 0.604. The summed E-state index contributed by atoms with van der Waals surface area (Å²) in [6.45, 7) is 2.70. The standard InChI is InChI=1S/C21H23N5O3S/c27-19(12-17-14-30-21(24-17)25-20(28)18-5-3-11-29-18)23-15-6-9-26(10-7-15)13-16-4-1-2-8-22-16/h1-5,8,11,14-15H,6-7,9-10,12-13H2,(H,23,27)(H,24,25,28). The maximum atomic E-state index is 12.4. The molecule has 0 bridgehead atoms. The molecular formula is C21H23N5O3S. The number of carbonyl (C=O) groups is 2. The maximum Gasteiger partial charge on any atom is 0.293 e. The molecule has 0 unspecified atom stereocenters. The number of nitrogens with one attached hydrogen (secondary N) is 2. The highest BCUT2D eigenvalue weighted by atomic mass is 32.1. The van der Waals surface area contributed by atoms with E-state index in [4.69, 9.17) is 4.42 Å². The Bertz CT molecular complexity index is 966. The largest absolute Gasteiger partial charge is 0.459 e. The number of rotatable bonds is 7. The first-order valence-electron chi connectivity index (χ1n) is 9.86. The molecule has 1 saturated heterocycles. The number of likely N-dealkylation sites (tertiary alicyclic amines) is 1. The van der Waals surface area contributed by atoms with Gasteiger partial charge < -0.3 is 9.73 Å². The molecule has 30 heavy (non-hydrogen) atoms. The second kappa shape index (κ2) is 9.64. The average molecular weight is 426 g/mol. The minimum absolute atomic E-state index is 0.0487. The van der Waals surface area contributed by atoms with Gasteiger partial charge >= 0.3 is 0 Å². The van der Waals surface area contributed by atoms with E-state index in [1.54, 1.807) is 17.5 Å². The Morgan fingerprint density at radius 2 is 2.03 bits per heavy atom. The summed E-state index contributed by atoms with van der Waals surface area (Å²) in [5, 5.41) is 8.01. The zero-order chi connectivity index (χ0) is 20.8. The fourth-order valence-corrected chi connectivity index (χ4v) is 4.12. The lowest BCUT2D eigenvalue weighted by atomic mass is 10.0. The van der Waals surface area contributed by atoms with Crippen molar-refractivity contribution in [2.24, 2.45) is 0 Å². The molecule has 8 nitrogen and oxygen atoms in total. The van der Waals surface area contributed by atoms with Crippen molar-refractivity contribution < 1.29 is 14.0 Å². The number of hydrogen-bond acceptors (Lipinski definition) is 7. The van der Waals surface area contributed by atoms with Gasteiger partial charge in [0.05, 0.1) is 24.1 Å². The van der Waals surface area contributed by atoms with Crippen molar-refractivity contribution in [1.29, 1.82) is 0 Å². The number of furan rings is 1. The second-order valence-corrected chi connectivity index (χ2v) is 8.05. The third-order valence-electron chi connectivity index (χ3n) is 4.92. The van der Waals surface area contributed by atoms with Gasteiger partial charge in [0.1, 0.15) is 0 Å². The summed E-state index contributed by atoms with van der Waals surface area (Å²) in [5.41, 5.74) is 1.71. The van der Waals surface area contributed by atoms with Gasteiger partial charge in [0.25, 0.3) is 5.91 Å². The van der Waals surface area contributed by atoms with Crippen LogP contribution in [0.2, 0.25) is 0 Å². The first-order valence-corrected chi connectivity index (χ1v) is 10.7. The van der Waals surface area contributed by atoms with E-state index in [-0.39, 0.29) is 30.0 Å². The molecule has 1 fully saturated rings. The van der Waals surface area contributed by atoms with Crippen LogP contribution in [0, 0.1) is 0 Å². The molecule has 4 heterocycles. The van der Waals surface area contributed by atoms with Crippen molar-refractivity contribution >= 4 is 28.3 Å². The number of carbonyl (C=O) groups excluding carboxylic acids is 2. The molecule has 0 atom stereocenters. The lowest BCUT2D eigenvalue weighted by Crippen LogP contribution is -2.44. The van der Waals surface area contributed by atoms with E-state index in [1.165, 1.54) is 17.6 Å². The first kappa shape index (κ1) is 20.2. The van der Waals surface area contributed by atoms with E-state index < -0.39 is 0 Å². The van der Waals surface area contributed by atoms with Crippen molar-refractivity contribution in [3.63, 3.8) is 0 Å². The highest BCUT2D eigenvalue weighted by Crippen LogP contribution is 2.18. The minimum Gasteiger partial charge on any atom is -0.459 e. The van der Waals surface area contributed by atoms with Crippen LogP contribution >= 0.6 is 11.3 Å². The highest BCUT2D eigenvalue weighted by molar-refractivity contribution is 7.14. The molecule has 0 aromatic carbocycles. The number of amides is 2. The lowest BCUT2D eigenvalue weighted by molar-refractivity contribution is -0.121. The van der Waals surface area contributed by atoms with Gasteiger partial charge in [-0.25, -0.2) is 4.98 Å². The first-order chi connectivity index (χ1) is 14.7. The zero-order valence-corrected chi connectivity index (χ0v) is 17.2. The Hall–Kier alpha value is -3.04. The number of hydrogen-bond donors (Lipinski definition) is 2. The topological polar surface area (TPSA) is 100 Å². The molecule has 0 aliphatic carbocycles. The van der Waals surface area contributed by atoms with Crippen molar-refractivity contribution in [2.45, 2.75) is 31.8 Å². The van der Waals surface area contributed by atoms with Gasteiger partial charge in [0.15, 0.2) is 10.9 Å². The van der Waals surface area contributed by atoms with E-state index in [0.29, 0.717) is 10.8 Å². The molecule has 1 aliphatic rings. The molecule has 2 amide bonds. The molecule has 156 valence electrons. The third kappa shape index (κ3) is 5.52. The fourth-order valence-electron chi connectivity index (χ4n) is 3.41. The van der Waals surface area contributed by atoms with Gasteiger partial charge in [-0.3, -0.25) is 24.8 Å². The summed E-state index contributed by atoms with van der Waals surface area (Å²) in [6, 6.07) is 9.36. The number of nitrogens with zero attached hydrogens (tertiary/aromatic N) is 3. The predicted octanol–water partition coefficient (Wildman–Crippen LogP) is 2.71. The Kier molecular flexibility index (Phi) is 6.50. The van der Waals surface area contributed by atoms with Gasteiger partial charge in [-0.2, -0.15) is 0 Å². The van der Waals surface area contributed by atoms with Gasteiger partial charge in [0.2, 0.25) is 5.91 Å². The van der Waals surface area contributed by atoms with Crippen LogP contribution in [0.25, 0.3) is 0 Å². The number of piperidine rings is 1. The van der Waals surface area contributed by atoms with E-state index >= 15 is 0 Å². The Labute approximate surface area is 178 Å². The van der Waals surface area contributed by atoms with Gasteiger partial charge in [-0.05, 0) is 37.1 Å². The van der Waals surface area contributed by atoms with E-state index in [0.717, 1.165) is 38.2 Å². The molecule has 3 aromatic heterocycles. The predicted molar refractivity (Wildman–Crippen MR) is 113 cm³/mol. The van der Waals surface area contributed by atoms with E-state index in [2.05, 4.69) is 25.5 Å². The van der Waals surface area contributed by atoms with Crippen LogP contribution in [-0.2, 0) is 17.8 Å². The monoisotopic (exact) mass is 425 g/mol. The molecule has 1 aliphatic heterocycles. The summed E-state index contributed by atoms with van der Waals surface area (Å²) in [7, 11) is 0. The van der Waals surface area contributed by atoms with Crippen molar-refractivity contribution in [2.75, 3.05) is 18.4 Å². The molecule has 4 rings (SSSR count). The Balaban J connectivity index is 1.20. The van der Waals surface area contributed by atoms with Crippen LogP contribution in [0.15, 0.2) is 52.6 Å². The molecule has 0 radical (unpaired) electrons. The van der Waals surface area contributed by atoms with Crippen LogP contribution in [0.1, 0.15) is 34.8 Å². The van der Waals surface area contributed by atoms with E-state index in [1.807, 2.05) is 24.4 Å². The smallest absolute Gasteiger partial charge is 0.293 e. The number of aromatic nitrogens is 2. The number of thiazole rings is 1. The normalized spacial score (nSPS) is 15.1. The van der Waals surface area contributed by atoms with Crippen LogP contribution in [0.3, 0.4) is 0 Å². The van der Waals surface area contributed by atoms with Crippen LogP contribution < -0.4 is 10.6 Å². The molecule has 2 N–H and O–H groups in total. The summed E-state index contributed by atoms with van der Waals surface area (Å²) >= 11 is 1.29. The molecule has 0 spiro atoms. The molecular weight excluding hydrogens is 402 g/mol. The van der Waals surface area contributed by atoms with Crippen molar-refractivity contribution in [1.82, 2.24) is 20.2 Å². The van der Waals surface area contributed by atoms with Crippen molar-refractivity contribution in [3.8, 4) is 0 Å². The van der Waals surface area contributed by atoms with Crippen molar-refractivity contribution in [3.05, 3.63) is 65.3 Å². The summed E-state index contributed by atoms with van der Waals surface area (Å²) in [6.07, 6.45) is 5.28. The molecule has 0 saturated carbocycles. The van der Waals surface area contributed by atoms with Gasteiger partial charge in [0, 0.05) is 37.3 Å². The van der Waals surface area contributed by atoms with E-state index in [9.17, 15) is 9.59 Å².